The van der Waals surface area contributed by atoms with E-state index < -0.39 is 11.8 Å². The third-order valence-corrected chi connectivity index (χ3v) is 2.91. The van der Waals surface area contributed by atoms with Gasteiger partial charge in [0.15, 0.2) is 0 Å². The van der Waals surface area contributed by atoms with E-state index in [9.17, 15) is 9.59 Å². The van der Waals surface area contributed by atoms with Gasteiger partial charge in [-0.05, 0) is 25.7 Å². The molecule has 0 rings (SSSR count). The first kappa shape index (κ1) is 16.9. The summed E-state index contributed by atoms with van der Waals surface area (Å²) in [6, 6.07) is 0. The predicted molar refractivity (Wildman–Crippen MR) is 70.0 cm³/mol. The SMILES string of the molecule is CCOC(=O)C(CC)C(C(=O)OCC)C(C)(C)C. The molecule has 2 atom stereocenters. The molecule has 0 bridgehead atoms. The van der Waals surface area contributed by atoms with Gasteiger partial charge in [-0.3, -0.25) is 9.59 Å². The normalized spacial score (nSPS) is 14.8. The Labute approximate surface area is 110 Å². The Morgan fingerprint density at radius 2 is 1.39 bits per heavy atom. The van der Waals surface area contributed by atoms with Crippen LogP contribution in [-0.4, -0.2) is 25.2 Å². The van der Waals surface area contributed by atoms with Gasteiger partial charge in [0.25, 0.3) is 0 Å². The van der Waals surface area contributed by atoms with Crippen LogP contribution in [0.2, 0.25) is 0 Å². The van der Waals surface area contributed by atoms with E-state index in [1.54, 1.807) is 13.8 Å². The summed E-state index contributed by atoms with van der Waals surface area (Å²) in [7, 11) is 0. The first-order valence-corrected chi connectivity index (χ1v) is 6.62. The van der Waals surface area contributed by atoms with Crippen LogP contribution in [0.3, 0.4) is 0 Å². The quantitative estimate of drug-likeness (QED) is 0.687. The number of rotatable bonds is 6. The van der Waals surface area contributed by atoms with Gasteiger partial charge in [-0.1, -0.05) is 27.7 Å². The lowest BCUT2D eigenvalue weighted by molar-refractivity contribution is -0.165. The van der Waals surface area contributed by atoms with Gasteiger partial charge in [-0.2, -0.15) is 0 Å². The molecule has 0 spiro atoms. The summed E-state index contributed by atoms with van der Waals surface area (Å²) < 4.78 is 10.1. The van der Waals surface area contributed by atoms with Gasteiger partial charge in [-0.15, -0.1) is 0 Å². The number of esters is 2. The van der Waals surface area contributed by atoms with Crippen LogP contribution in [0.15, 0.2) is 0 Å². The largest absolute Gasteiger partial charge is 0.466 e. The summed E-state index contributed by atoms with van der Waals surface area (Å²) in [5, 5.41) is 0. The number of hydrogen-bond donors (Lipinski definition) is 0. The highest BCUT2D eigenvalue weighted by Crippen LogP contribution is 2.35. The van der Waals surface area contributed by atoms with E-state index in [0.29, 0.717) is 19.6 Å². The van der Waals surface area contributed by atoms with Crippen molar-refractivity contribution in [2.45, 2.75) is 48.0 Å². The van der Waals surface area contributed by atoms with Crippen molar-refractivity contribution >= 4 is 11.9 Å². The topological polar surface area (TPSA) is 52.6 Å². The molecule has 0 saturated carbocycles. The molecule has 2 unspecified atom stereocenters. The maximum absolute atomic E-state index is 12.1. The van der Waals surface area contributed by atoms with Crippen LogP contribution < -0.4 is 0 Å². The standard InChI is InChI=1S/C14H26O4/c1-7-10(12(15)17-8-2)11(14(4,5)6)13(16)18-9-3/h10-11H,7-9H2,1-6H3. The second kappa shape index (κ2) is 7.39. The molecular weight excluding hydrogens is 232 g/mol. The van der Waals surface area contributed by atoms with E-state index in [0.717, 1.165) is 0 Å². The molecule has 4 nitrogen and oxygen atoms in total. The van der Waals surface area contributed by atoms with Crippen LogP contribution in [0.25, 0.3) is 0 Å². The van der Waals surface area contributed by atoms with E-state index in [1.807, 2.05) is 27.7 Å². The molecule has 0 aromatic heterocycles. The highest BCUT2D eigenvalue weighted by molar-refractivity contribution is 5.82. The Kier molecular flexibility index (Phi) is 6.96. The fourth-order valence-electron chi connectivity index (χ4n) is 2.14. The number of hydrogen-bond acceptors (Lipinski definition) is 4. The summed E-state index contributed by atoms with van der Waals surface area (Å²) in [6.45, 7) is 11.9. The summed E-state index contributed by atoms with van der Waals surface area (Å²) in [4.78, 5) is 24.0. The van der Waals surface area contributed by atoms with Crippen LogP contribution in [0.5, 0.6) is 0 Å². The van der Waals surface area contributed by atoms with Crippen molar-refractivity contribution in [3.63, 3.8) is 0 Å². The molecule has 0 aliphatic heterocycles. The lowest BCUT2D eigenvalue weighted by Crippen LogP contribution is -2.40. The van der Waals surface area contributed by atoms with E-state index in [2.05, 4.69) is 0 Å². The van der Waals surface area contributed by atoms with Crippen molar-refractivity contribution in [1.82, 2.24) is 0 Å². The van der Waals surface area contributed by atoms with E-state index in [1.165, 1.54) is 0 Å². The number of ether oxygens (including phenoxy) is 2. The lowest BCUT2D eigenvalue weighted by Gasteiger charge is -2.33. The third kappa shape index (κ3) is 4.67. The maximum atomic E-state index is 12.1. The highest BCUT2D eigenvalue weighted by atomic mass is 16.5. The zero-order valence-electron chi connectivity index (χ0n) is 12.4. The summed E-state index contributed by atoms with van der Waals surface area (Å²) in [5.41, 5.74) is -0.334. The van der Waals surface area contributed by atoms with Crippen LogP contribution in [-0.2, 0) is 19.1 Å². The number of carbonyl (C=O) groups excluding carboxylic acids is 2. The monoisotopic (exact) mass is 258 g/mol. The fraction of sp³-hybridized carbons (Fsp3) is 0.857. The second-order valence-electron chi connectivity index (χ2n) is 5.36. The van der Waals surface area contributed by atoms with E-state index in [4.69, 9.17) is 9.47 Å². The van der Waals surface area contributed by atoms with Gasteiger partial charge < -0.3 is 9.47 Å². The summed E-state index contributed by atoms with van der Waals surface area (Å²) >= 11 is 0. The van der Waals surface area contributed by atoms with Gasteiger partial charge >= 0.3 is 11.9 Å². The van der Waals surface area contributed by atoms with E-state index >= 15 is 0 Å². The molecule has 0 amide bonds. The molecule has 0 aliphatic carbocycles. The van der Waals surface area contributed by atoms with Gasteiger partial charge in [0.05, 0.1) is 25.0 Å². The van der Waals surface area contributed by atoms with Crippen molar-refractivity contribution in [3.05, 3.63) is 0 Å². The van der Waals surface area contributed by atoms with Crippen molar-refractivity contribution in [3.8, 4) is 0 Å². The highest BCUT2D eigenvalue weighted by Gasteiger charge is 2.42. The molecule has 0 N–H and O–H groups in total. The molecular formula is C14H26O4. The molecule has 0 radical (unpaired) electrons. The number of carbonyl (C=O) groups is 2. The predicted octanol–water partition coefficient (Wildman–Crippen LogP) is 2.80. The molecule has 0 aliphatic rings. The summed E-state index contributed by atoms with van der Waals surface area (Å²) in [6.07, 6.45) is 0.569. The molecule has 0 aromatic rings. The fourth-order valence-corrected chi connectivity index (χ4v) is 2.14. The first-order valence-electron chi connectivity index (χ1n) is 6.62. The maximum Gasteiger partial charge on any atom is 0.310 e. The molecule has 0 heterocycles. The van der Waals surface area contributed by atoms with Gasteiger partial charge in [-0.25, -0.2) is 0 Å². The molecule has 0 saturated heterocycles. The third-order valence-electron chi connectivity index (χ3n) is 2.91. The van der Waals surface area contributed by atoms with Crippen LogP contribution >= 0.6 is 0 Å². The Bertz CT molecular complexity index is 278. The Hall–Kier alpha value is -1.06. The Balaban J connectivity index is 5.14. The van der Waals surface area contributed by atoms with E-state index in [-0.39, 0.29) is 17.4 Å². The smallest absolute Gasteiger partial charge is 0.310 e. The zero-order valence-corrected chi connectivity index (χ0v) is 12.4. The average Bonchev–Trinajstić information content (AvgIpc) is 2.24. The van der Waals surface area contributed by atoms with Crippen LogP contribution in [0.4, 0.5) is 0 Å². The second-order valence-corrected chi connectivity index (χ2v) is 5.36. The lowest BCUT2D eigenvalue weighted by atomic mass is 9.72. The zero-order chi connectivity index (χ0) is 14.3. The van der Waals surface area contributed by atoms with Gasteiger partial charge in [0.1, 0.15) is 0 Å². The van der Waals surface area contributed by atoms with Crippen molar-refractivity contribution in [2.24, 2.45) is 17.3 Å². The minimum atomic E-state index is -0.471. The van der Waals surface area contributed by atoms with Crippen LogP contribution in [0, 0.1) is 17.3 Å². The van der Waals surface area contributed by atoms with Crippen molar-refractivity contribution in [1.29, 1.82) is 0 Å². The Morgan fingerprint density at radius 3 is 1.72 bits per heavy atom. The molecule has 18 heavy (non-hydrogen) atoms. The average molecular weight is 258 g/mol. The molecule has 0 aromatic carbocycles. The summed E-state index contributed by atoms with van der Waals surface area (Å²) in [5.74, 6) is -1.54. The molecule has 4 heteroatoms. The van der Waals surface area contributed by atoms with Crippen LogP contribution in [0.1, 0.15) is 48.0 Å². The first-order chi connectivity index (χ1) is 8.29. The minimum Gasteiger partial charge on any atom is -0.466 e. The van der Waals surface area contributed by atoms with Crippen molar-refractivity contribution in [2.75, 3.05) is 13.2 Å². The van der Waals surface area contributed by atoms with Gasteiger partial charge in [0.2, 0.25) is 0 Å². The minimum absolute atomic E-state index is 0.312. The molecule has 106 valence electrons. The van der Waals surface area contributed by atoms with Crippen molar-refractivity contribution < 1.29 is 19.1 Å². The Morgan fingerprint density at radius 1 is 0.944 bits per heavy atom. The molecule has 0 fully saturated rings. The van der Waals surface area contributed by atoms with Gasteiger partial charge in [0, 0.05) is 0 Å².